The Kier molecular flexibility index (Phi) is 5.43. The van der Waals surface area contributed by atoms with Crippen LogP contribution in [0.2, 0.25) is 0 Å². The summed E-state index contributed by atoms with van der Waals surface area (Å²) in [5.41, 5.74) is 4.53. The van der Waals surface area contributed by atoms with Gasteiger partial charge in [-0.25, -0.2) is 9.67 Å². The third-order valence-corrected chi connectivity index (χ3v) is 5.40. The van der Waals surface area contributed by atoms with E-state index in [4.69, 9.17) is 17.0 Å². The van der Waals surface area contributed by atoms with Crippen LogP contribution in [0.1, 0.15) is 17.0 Å². The molecule has 0 saturated carbocycles. The largest absolute Gasteiger partial charge is 0.378 e. The molecule has 3 heterocycles. The first kappa shape index (κ1) is 19.0. The maximum atomic E-state index is 5.61. The van der Waals surface area contributed by atoms with Gasteiger partial charge in [0.25, 0.3) is 5.78 Å². The van der Waals surface area contributed by atoms with Crippen molar-refractivity contribution in [1.29, 1.82) is 0 Å². The highest BCUT2D eigenvalue weighted by molar-refractivity contribution is 7.71. The molecule has 0 spiro atoms. The molecule has 0 bridgehead atoms. The van der Waals surface area contributed by atoms with Gasteiger partial charge in [-0.15, -0.1) is 5.10 Å². The summed E-state index contributed by atoms with van der Waals surface area (Å²) < 4.78 is 9.87. The van der Waals surface area contributed by atoms with E-state index in [-0.39, 0.29) is 0 Å². The highest BCUT2D eigenvalue weighted by Crippen LogP contribution is 2.17. The van der Waals surface area contributed by atoms with Crippen LogP contribution in [0.4, 0.5) is 5.69 Å². The van der Waals surface area contributed by atoms with Gasteiger partial charge in [0.2, 0.25) is 4.77 Å². The number of nitrogens with zero attached hydrogens (tertiary/aromatic N) is 6. The Balaban J connectivity index is 1.45. The van der Waals surface area contributed by atoms with Crippen molar-refractivity contribution in [2.45, 2.75) is 27.1 Å². The quantitative estimate of drug-likeness (QED) is 0.616. The molecule has 2 aromatic heterocycles. The summed E-state index contributed by atoms with van der Waals surface area (Å²) in [5, 5.41) is 4.59. The lowest BCUT2D eigenvalue weighted by atomic mass is 10.2. The maximum absolute atomic E-state index is 5.61. The summed E-state index contributed by atoms with van der Waals surface area (Å²) in [7, 11) is 2.08. The second-order valence-electron chi connectivity index (χ2n) is 7.38. The van der Waals surface area contributed by atoms with E-state index in [1.807, 2.05) is 29.0 Å². The van der Waals surface area contributed by atoms with Gasteiger partial charge in [0.15, 0.2) is 0 Å². The minimum absolute atomic E-state index is 0.617. The van der Waals surface area contributed by atoms with E-state index in [0.717, 1.165) is 44.2 Å². The molecule has 0 unspecified atom stereocenters. The molecule has 1 aliphatic rings. The van der Waals surface area contributed by atoms with Crippen molar-refractivity contribution in [2.24, 2.45) is 0 Å². The fraction of sp³-hybridized carbons (Fsp3) is 0.450. The predicted molar refractivity (Wildman–Crippen MR) is 112 cm³/mol. The van der Waals surface area contributed by atoms with Gasteiger partial charge in [-0.05, 0) is 56.9 Å². The Morgan fingerprint density at radius 2 is 1.86 bits per heavy atom. The van der Waals surface area contributed by atoms with Gasteiger partial charge in [-0.1, -0.05) is 12.1 Å². The number of aryl methyl sites for hydroxylation is 2. The molecule has 148 valence electrons. The van der Waals surface area contributed by atoms with Crippen LogP contribution in [0.3, 0.4) is 0 Å². The van der Waals surface area contributed by atoms with Gasteiger partial charge in [-0.2, -0.15) is 0 Å². The predicted octanol–water partition coefficient (Wildman–Crippen LogP) is 2.80. The fourth-order valence-corrected chi connectivity index (χ4v) is 3.97. The molecule has 1 aliphatic heterocycles. The van der Waals surface area contributed by atoms with Gasteiger partial charge in [0, 0.05) is 36.7 Å². The average Bonchev–Trinajstić information content (AvgIpc) is 2.98. The number of morpholine rings is 1. The zero-order valence-corrected chi connectivity index (χ0v) is 17.4. The zero-order valence-electron chi connectivity index (χ0n) is 16.6. The summed E-state index contributed by atoms with van der Waals surface area (Å²) in [6.07, 6.45) is 0. The van der Waals surface area contributed by atoms with E-state index in [2.05, 4.69) is 51.2 Å². The lowest BCUT2D eigenvalue weighted by Crippen LogP contribution is -2.36. The highest BCUT2D eigenvalue weighted by Gasteiger charge is 2.12. The molecule has 3 aromatic rings. The van der Waals surface area contributed by atoms with E-state index in [0.29, 0.717) is 17.2 Å². The lowest BCUT2D eigenvalue weighted by Gasteiger charge is -2.29. The first-order chi connectivity index (χ1) is 13.5. The zero-order chi connectivity index (χ0) is 19.7. The normalized spacial score (nSPS) is 14.9. The van der Waals surface area contributed by atoms with Crippen LogP contribution in [0, 0.1) is 18.6 Å². The summed E-state index contributed by atoms with van der Waals surface area (Å²) in [6, 6.07) is 10.8. The fourth-order valence-electron chi connectivity index (χ4n) is 3.65. The molecular formula is C20H26N6OS. The van der Waals surface area contributed by atoms with Gasteiger partial charge in [0.05, 0.1) is 19.9 Å². The molecule has 28 heavy (non-hydrogen) atoms. The highest BCUT2D eigenvalue weighted by atomic mass is 32.1. The number of rotatable bonds is 5. The minimum Gasteiger partial charge on any atom is -0.378 e. The SMILES string of the molecule is Cc1cc(C)n2c(=S)n(CN(C)Cc3ccc(N4CCOCC4)cc3)nc2n1. The van der Waals surface area contributed by atoms with Crippen LogP contribution >= 0.6 is 12.2 Å². The van der Waals surface area contributed by atoms with E-state index in [1.165, 1.54) is 11.3 Å². The Morgan fingerprint density at radius 1 is 1.14 bits per heavy atom. The van der Waals surface area contributed by atoms with Crippen molar-refractivity contribution in [3.63, 3.8) is 0 Å². The maximum Gasteiger partial charge on any atom is 0.254 e. The summed E-state index contributed by atoms with van der Waals surface area (Å²) in [5.74, 6) is 0.658. The summed E-state index contributed by atoms with van der Waals surface area (Å²) in [6.45, 7) is 8.97. The van der Waals surface area contributed by atoms with Crippen LogP contribution < -0.4 is 4.90 Å². The van der Waals surface area contributed by atoms with Crippen LogP contribution in [-0.2, 0) is 18.0 Å². The standard InChI is InChI=1S/C20H26N6OS/c1-15-12-16(2)26-19(21-15)22-25(20(26)28)14-23(3)13-17-4-6-18(7-5-17)24-8-10-27-11-9-24/h4-7,12H,8-11,13-14H2,1-3H3. The summed E-state index contributed by atoms with van der Waals surface area (Å²) >= 11 is 5.61. The molecule has 0 amide bonds. The van der Waals surface area contributed by atoms with Crippen molar-refractivity contribution in [3.8, 4) is 0 Å². The van der Waals surface area contributed by atoms with E-state index in [9.17, 15) is 0 Å². The molecule has 7 nitrogen and oxygen atoms in total. The van der Waals surface area contributed by atoms with E-state index < -0.39 is 0 Å². The third-order valence-electron chi connectivity index (χ3n) is 5.01. The number of hydrogen-bond donors (Lipinski definition) is 0. The van der Waals surface area contributed by atoms with Crippen LogP contribution in [0.15, 0.2) is 30.3 Å². The molecule has 0 radical (unpaired) electrons. The van der Waals surface area contributed by atoms with Crippen molar-refractivity contribution in [2.75, 3.05) is 38.3 Å². The molecular weight excluding hydrogens is 372 g/mol. The van der Waals surface area contributed by atoms with Crippen molar-refractivity contribution < 1.29 is 4.74 Å². The molecule has 8 heteroatoms. The van der Waals surface area contributed by atoms with Crippen LogP contribution in [0.25, 0.3) is 5.78 Å². The third kappa shape index (κ3) is 3.94. The van der Waals surface area contributed by atoms with Crippen LogP contribution in [-0.4, -0.2) is 57.4 Å². The van der Waals surface area contributed by atoms with Gasteiger partial charge < -0.3 is 9.64 Å². The van der Waals surface area contributed by atoms with Gasteiger partial charge in [-0.3, -0.25) is 9.30 Å². The molecule has 0 aliphatic carbocycles. The number of aromatic nitrogens is 4. The van der Waals surface area contributed by atoms with Gasteiger partial charge in [0.1, 0.15) is 0 Å². The smallest absolute Gasteiger partial charge is 0.254 e. The van der Waals surface area contributed by atoms with Crippen molar-refractivity contribution in [1.82, 2.24) is 24.1 Å². The first-order valence-electron chi connectivity index (χ1n) is 9.55. The number of hydrogen-bond acceptors (Lipinski definition) is 6. The Morgan fingerprint density at radius 3 is 2.57 bits per heavy atom. The first-order valence-corrected chi connectivity index (χ1v) is 9.96. The molecule has 0 N–H and O–H groups in total. The molecule has 1 fully saturated rings. The number of fused-ring (bicyclic) bond motifs is 1. The Labute approximate surface area is 170 Å². The number of ether oxygens (including phenoxy) is 1. The number of anilines is 1. The van der Waals surface area contributed by atoms with Crippen LogP contribution in [0.5, 0.6) is 0 Å². The molecule has 1 aromatic carbocycles. The monoisotopic (exact) mass is 398 g/mol. The van der Waals surface area contributed by atoms with E-state index >= 15 is 0 Å². The Hall–Kier alpha value is -2.29. The summed E-state index contributed by atoms with van der Waals surface area (Å²) in [4.78, 5) is 9.06. The van der Waals surface area contributed by atoms with E-state index in [1.54, 1.807) is 0 Å². The number of benzene rings is 1. The lowest BCUT2D eigenvalue weighted by molar-refractivity contribution is 0.122. The molecule has 1 saturated heterocycles. The van der Waals surface area contributed by atoms with Crippen molar-refractivity contribution >= 4 is 23.7 Å². The average molecular weight is 399 g/mol. The Bertz CT molecular complexity index is 1020. The second kappa shape index (κ2) is 7.98. The topological polar surface area (TPSA) is 50.8 Å². The minimum atomic E-state index is 0.617. The molecule has 0 atom stereocenters. The van der Waals surface area contributed by atoms with Crippen molar-refractivity contribution in [3.05, 3.63) is 52.1 Å². The molecule has 4 rings (SSSR count). The van der Waals surface area contributed by atoms with Gasteiger partial charge >= 0.3 is 0 Å². The second-order valence-corrected chi connectivity index (χ2v) is 7.74.